The van der Waals surface area contributed by atoms with Gasteiger partial charge in [0.2, 0.25) is 0 Å². The molecule has 2 aromatic heterocycles. The van der Waals surface area contributed by atoms with E-state index < -0.39 is 0 Å². The van der Waals surface area contributed by atoms with Gasteiger partial charge in [0.1, 0.15) is 11.9 Å². The summed E-state index contributed by atoms with van der Waals surface area (Å²) in [4.78, 5) is 25.4. The molecule has 1 unspecified atom stereocenters. The van der Waals surface area contributed by atoms with Gasteiger partial charge in [-0.1, -0.05) is 6.07 Å². The van der Waals surface area contributed by atoms with Crippen LogP contribution >= 0.6 is 0 Å². The van der Waals surface area contributed by atoms with Crippen molar-refractivity contribution >= 4 is 0 Å². The number of aromatic nitrogens is 3. The maximum atomic E-state index is 11.6. The molecule has 0 spiro atoms. The highest BCUT2D eigenvalue weighted by Gasteiger charge is 2.24. The zero-order valence-corrected chi connectivity index (χ0v) is 12.9. The first-order valence-corrected chi connectivity index (χ1v) is 7.44. The van der Waals surface area contributed by atoms with Crippen molar-refractivity contribution in [1.82, 2.24) is 19.9 Å². The zero-order valence-electron chi connectivity index (χ0n) is 12.9. The normalized spacial score (nSPS) is 19.3. The number of hydrogen-bond donors (Lipinski definition) is 1. The Morgan fingerprint density at radius 2 is 2.32 bits per heavy atom. The lowest BCUT2D eigenvalue weighted by Crippen LogP contribution is -2.38. The molecule has 1 N–H and O–H groups in total. The van der Waals surface area contributed by atoms with E-state index in [-0.39, 0.29) is 11.7 Å². The lowest BCUT2D eigenvalue weighted by atomic mass is 10.1. The lowest BCUT2D eigenvalue weighted by molar-refractivity contribution is -0.0355. The van der Waals surface area contributed by atoms with E-state index in [4.69, 9.17) is 4.74 Å². The Balaban J connectivity index is 1.74. The number of ether oxygens (including phenoxy) is 1. The highest BCUT2D eigenvalue weighted by molar-refractivity contribution is 5.17. The predicted octanol–water partition coefficient (Wildman–Crippen LogP) is 1.36. The summed E-state index contributed by atoms with van der Waals surface area (Å²) in [5.41, 5.74) is 2.83. The Morgan fingerprint density at radius 1 is 1.45 bits per heavy atom. The first-order valence-electron chi connectivity index (χ1n) is 7.44. The second-order valence-electron chi connectivity index (χ2n) is 5.62. The second kappa shape index (κ2) is 6.37. The average Bonchev–Trinajstić information content (AvgIpc) is 2.49. The fraction of sp³-hybridized carbons (Fsp3) is 0.438. The molecular weight excluding hydrogens is 280 g/mol. The minimum Gasteiger partial charge on any atom is -0.369 e. The maximum Gasteiger partial charge on any atom is 0.251 e. The quantitative estimate of drug-likeness (QED) is 0.926. The summed E-state index contributed by atoms with van der Waals surface area (Å²) in [5, 5.41) is 0. The number of aryl methyl sites for hydroxylation is 2. The van der Waals surface area contributed by atoms with Crippen molar-refractivity contribution in [2.24, 2.45) is 0 Å². The van der Waals surface area contributed by atoms with Gasteiger partial charge in [0, 0.05) is 31.9 Å². The molecule has 0 radical (unpaired) electrons. The third-order valence-electron chi connectivity index (χ3n) is 3.85. The van der Waals surface area contributed by atoms with Gasteiger partial charge in [0.05, 0.1) is 18.0 Å². The molecule has 3 rings (SSSR count). The van der Waals surface area contributed by atoms with Gasteiger partial charge in [-0.2, -0.15) is 0 Å². The van der Waals surface area contributed by atoms with Crippen LogP contribution in [0.25, 0.3) is 0 Å². The molecule has 0 saturated carbocycles. The van der Waals surface area contributed by atoms with Crippen LogP contribution in [0.2, 0.25) is 0 Å². The molecular formula is C16H20N4O2. The maximum absolute atomic E-state index is 11.6. The highest BCUT2D eigenvalue weighted by atomic mass is 16.5. The van der Waals surface area contributed by atoms with E-state index in [0.29, 0.717) is 24.7 Å². The van der Waals surface area contributed by atoms with Gasteiger partial charge in [0.15, 0.2) is 0 Å². The third kappa shape index (κ3) is 3.40. The molecule has 1 atom stereocenters. The first kappa shape index (κ1) is 14.9. The summed E-state index contributed by atoms with van der Waals surface area (Å²) in [6, 6.07) is 5.54. The van der Waals surface area contributed by atoms with Crippen LogP contribution in [-0.4, -0.2) is 39.5 Å². The minimum atomic E-state index is -0.168. The molecule has 0 aliphatic carbocycles. The summed E-state index contributed by atoms with van der Waals surface area (Å²) in [5.74, 6) is 0.615. The molecule has 0 amide bonds. The van der Waals surface area contributed by atoms with E-state index in [1.807, 2.05) is 12.3 Å². The standard InChI is InChI=1S/C16H20N4O2/c1-11-4-3-5-17-14(11)9-20-6-7-22-15(10-20)13-8-16(21)19-12(2)18-13/h3-5,8,15H,6-7,9-10H2,1-2H3,(H,18,19,21). The third-order valence-corrected chi connectivity index (χ3v) is 3.85. The van der Waals surface area contributed by atoms with Gasteiger partial charge in [-0.25, -0.2) is 4.98 Å². The number of rotatable bonds is 3. The highest BCUT2D eigenvalue weighted by Crippen LogP contribution is 2.21. The molecule has 1 aliphatic rings. The second-order valence-corrected chi connectivity index (χ2v) is 5.62. The fourth-order valence-corrected chi connectivity index (χ4v) is 2.69. The zero-order chi connectivity index (χ0) is 15.5. The van der Waals surface area contributed by atoms with Gasteiger partial charge in [-0.15, -0.1) is 0 Å². The van der Waals surface area contributed by atoms with Gasteiger partial charge in [-0.05, 0) is 25.5 Å². The SMILES string of the molecule is Cc1nc(C2CN(Cc3ncccc3C)CCO2)cc(=O)[nH]1. The van der Waals surface area contributed by atoms with Crippen molar-refractivity contribution in [3.8, 4) is 0 Å². The van der Waals surface area contributed by atoms with Crippen molar-refractivity contribution in [3.05, 3.63) is 57.5 Å². The molecule has 116 valence electrons. The van der Waals surface area contributed by atoms with E-state index in [1.54, 1.807) is 6.92 Å². The summed E-state index contributed by atoms with van der Waals surface area (Å²) in [6.45, 7) is 6.84. The van der Waals surface area contributed by atoms with E-state index in [0.717, 1.165) is 18.8 Å². The molecule has 1 saturated heterocycles. The average molecular weight is 300 g/mol. The monoisotopic (exact) mass is 300 g/mol. The number of aromatic amines is 1. The number of nitrogens with zero attached hydrogens (tertiary/aromatic N) is 3. The van der Waals surface area contributed by atoms with Crippen LogP contribution in [0.4, 0.5) is 0 Å². The van der Waals surface area contributed by atoms with Gasteiger partial charge < -0.3 is 9.72 Å². The van der Waals surface area contributed by atoms with E-state index in [2.05, 4.69) is 32.8 Å². The molecule has 0 bridgehead atoms. The minimum absolute atomic E-state index is 0.135. The van der Waals surface area contributed by atoms with E-state index in [1.165, 1.54) is 11.6 Å². The molecule has 22 heavy (non-hydrogen) atoms. The van der Waals surface area contributed by atoms with Crippen LogP contribution in [0.15, 0.2) is 29.2 Å². The van der Waals surface area contributed by atoms with Crippen molar-refractivity contribution in [2.45, 2.75) is 26.5 Å². The molecule has 3 heterocycles. The molecule has 6 heteroatoms. The van der Waals surface area contributed by atoms with Crippen LogP contribution in [0, 0.1) is 13.8 Å². The van der Waals surface area contributed by atoms with Crippen molar-refractivity contribution in [2.75, 3.05) is 19.7 Å². The van der Waals surface area contributed by atoms with Crippen molar-refractivity contribution in [1.29, 1.82) is 0 Å². The Bertz CT molecular complexity index is 713. The van der Waals surface area contributed by atoms with Gasteiger partial charge in [0.25, 0.3) is 5.56 Å². The van der Waals surface area contributed by atoms with Crippen LogP contribution in [0.1, 0.15) is 28.9 Å². The number of H-pyrrole nitrogens is 1. The van der Waals surface area contributed by atoms with E-state index >= 15 is 0 Å². The molecule has 1 aliphatic heterocycles. The first-order chi connectivity index (χ1) is 10.6. The Labute approximate surface area is 129 Å². The predicted molar refractivity (Wildman–Crippen MR) is 82.5 cm³/mol. The van der Waals surface area contributed by atoms with Crippen LogP contribution in [0.5, 0.6) is 0 Å². The van der Waals surface area contributed by atoms with Crippen LogP contribution in [0.3, 0.4) is 0 Å². The van der Waals surface area contributed by atoms with Gasteiger partial charge in [-0.3, -0.25) is 14.7 Å². The molecule has 2 aromatic rings. The largest absolute Gasteiger partial charge is 0.369 e. The van der Waals surface area contributed by atoms with Crippen molar-refractivity contribution < 1.29 is 4.74 Å². The summed E-state index contributed by atoms with van der Waals surface area (Å²) >= 11 is 0. The van der Waals surface area contributed by atoms with E-state index in [9.17, 15) is 4.79 Å². The van der Waals surface area contributed by atoms with Crippen LogP contribution in [-0.2, 0) is 11.3 Å². The molecule has 1 fully saturated rings. The summed E-state index contributed by atoms with van der Waals surface area (Å²) < 4.78 is 5.79. The van der Waals surface area contributed by atoms with Gasteiger partial charge >= 0.3 is 0 Å². The Kier molecular flexibility index (Phi) is 4.31. The summed E-state index contributed by atoms with van der Waals surface area (Å²) in [7, 11) is 0. The molecule has 0 aromatic carbocycles. The number of hydrogen-bond acceptors (Lipinski definition) is 5. The van der Waals surface area contributed by atoms with Crippen molar-refractivity contribution in [3.63, 3.8) is 0 Å². The lowest BCUT2D eigenvalue weighted by Gasteiger charge is -2.32. The Morgan fingerprint density at radius 3 is 3.09 bits per heavy atom. The Hall–Kier alpha value is -2.05. The molecule has 6 nitrogen and oxygen atoms in total. The van der Waals surface area contributed by atoms with Crippen LogP contribution < -0.4 is 5.56 Å². The fourth-order valence-electron chi connectivity index (χ4n) is 2.69. The smallest absolute Gasteiger partial charge is 0.251 e. The summed E-state index contributed by atoms with van der Waals surface area (Å²) in [6.07, 6.45) is 1.65. The number of pyridine rings is 1. The number of nitrogens with one attached hydrogen (secondary N) is 1. The number of morpholine rings is 1. The topological polar surface area (TPSA) is 71.1 Å².